The van der Waals surface area contributed by atoms with E-state index in [-0.39, 0.29) is 12.5 Å². The van der Waals surface area contributed by atoms with Gasteiger partial charge in [0.2, 0.25) is 5.91 Å². The van der Waals surface area contributed by atoms with E-state index in [1.165, 1.54) is 11.9 Å². The van der Waals surface area contributed by atoms with Gasteiger partial charge in [-0.25, -0.2) is 4.79 Å². The maximum atomic E-state index is 12.0. The molecule has 1 aromatic rings. The van der Waals surface area contributed by atoms with E-state index in [4.69, 9.17) is 4.74 Å². The van der Waals surface area contributed by atoms with Gasteiger partial charge in [-0.15, -0.1) is 0 Å². The van der Waals surface area contributed by atoms with Gasteiger partial charge in [-0.05, 0) is 34.9 Å². The van der Waals surface area contributed by atoms with Gasteiger partial charge in [-0.1, -0.05) is 0 Å². The van der Waals surface area contributed by atoms with Crippen LogP contribution in [0.5, 0.6) is 0 Å². The largest absolute Gasteiger partial charge is 0.444 e. The van der Waals surface area contributed by atoms with Crippen LogP contribution in [0.4, 0.5) is 10.5 Å². The summed E-state index contributed by atoms with van der Waals surface area (Å²) in [6.07, 6.45) is 2.81. The van der Waals surface area contributed by atoms with Crippen molar-refractivity contribution < 1.29 is 14.3 Å². The van der Waals surface area contributed by atoms with Crippen LogP contribution >= 0.6 is 0 Å². The van der Waals surface area contributed by atoms with Crippen molar-refractivity contribution in [3.05, 3.63) is 12.4 Å². The van der Waals surface area contributed by atoms with Gasteiger partial charge in [0, 0.05) is 19.8 Å². The van der Waals surface area contributed by atoms with Crippen molar-refractivity contribution in [2.75, 3.05) is 39.5 Å². The van der Waals surface area contributed by atoms with E-state index in [0.29, 0.717) is 5.69 Å². The number of carbonyl (C=O) groups excluding carboxylic acids is 2. The van der Waals surface area contributed by atoms with Crippen LogP contribution in [0, 0.1) is 0 Å². The molecule has 0 saturated heterocycles. The van der Waals surface area contributed by atoms with Gasteiger partial charge in [0.1, 0.15) is 12.1 Å². The molecule has 8 nitrogen and oxygen atoms in total. The minimum atomic E-state index is -0.588. The van der Waals surface area contributed by atoms with Gasteiger partial charge in [-0.3, -0.25) is 9.48 Å². The zero-order valence-corrected chi connectivity index (χ0v) is 14.8. The molecule has 2 amide bonds. The normalized spacial score (nSPS) is 11.4. The van der Waals surface area contributed by atoms with Gasteiger partial charge >= 0.3 is 6.09 Å². The molecule has 23 heavy (non-hydrogen) atoms. The molecule has 0 bridgehead atoms. The zero-order valence-electron chi connectivity index (χ0n) is 14.8. The lowest BCUT2D eigenvalue weighted by Gasteiger charge is -2.24. The second-order valence-electron chi connectivity index (χ2n) is 6.68. The molecule has 1 N–H and O–H groups in total. The summed E-state index contributed by atoms with van der Waals surface area (Å²) in [5, 5.41) is 6.89. The fourth-order valence-electron chi connectivity index (χ4n) is 1.67. The lowest BCUT2D eigenvalue weighted by molar-refractivity contribution is -0.117. The molecular formula is C15H27N5O3. The smallest absolute Gasteiger partial charge is 0.410 e. The standard InChI is InChI=1S/C15H27N5O3/c1-15(2,3)23-14(22)19(6)11-13(21)17-12-9-16-20(10-12)8-7-18(4)5/h9-10H,7-8,11H2,1-6H3,(H,17,21). The van der Waals surface area contributed by atoms with Crippen LogP contribution in [0.1, 0.15) is 20.8 Å². The number of ether oxygens (including phenoxy) is 1. The van der Waals surface area contributed by atoms with Crippen LogP contribution in [0.15, 0.2) is 12.4 Å². The number of nitrogens with one attached hydrogen (secondary N) is 1. The topological polar surface area (TPSA) is 79.7 Å². The van der Waals surface area contributed by atoms with E-state index in [9.17, 15) is 9.59 Å². The average molecular weight is 325 g/mol. The Kier molecular flexibility index (Phi) is 6.56. The van der Waals surface area contributed by atoms with Crippen LogP contribution in [-0.2, 0) is 16.1 Å². The fraction of sp³-hybridized carbons (Fsp3) is 0.667. The highest BCUT2D eigenvalue weighted by Crippen LogP contribution is 2.09. The first-order chi connectivity index (χ1) is 10.6. The molecule has 0 radical (unpaired) electrons. The summed E-state index contributed by atoms with van der Waals surface area (Å²) in [4.78, 5) is 27.0. The van der Waals surface area contributed by atoms with Crippen molar-refractivity contribution in [2.45, 2.75) is 32.9 Å². The Labute approximate surface area is 137 Å². The summed E-state index contributed by atoms with van der Waals surface area (Å²) in [6, 6.07) is 0. The highest BCUT2D eigenvalue weighted by Gasteiger charge is 2.21. The molecule has 1 aromatic heterocycles. The molecule has 0 aliphatic carbocycles. The predicted molar refractivity (Wildman–Crippen MR) is 88.3 cm³/mol. The summed E-state index contributed by atoms with van der Waals surface area (Å²) in [5.41, 5.74) is 0.0152. The highest BCUT2D eigenvalue weighted by molar-refractivity contribution is 5.93. The molecular weight excluding hydrogens is 298 g/mol. The minimum absolute atomic E-state index is 0.0855. The lowest BCUT2D eigenvalue weighted by atomic mass is 10.2. The summed E-state index contributed by atoms with van der Waals surface area (Å²) < 4.78 is 6.95. The minimum Gasteiger partial charge on any atom is -0.444 e. The molecule has 130 valence electrons. The van der Waals surface area contributed by atoms with Crippen LogP contribution in [0.3, 0.4) is 0 Å². The van der Waals surface area contributed by atoms with Gasteiger partial charge < -0.3 is 19.9 Å². The van der Waals surface area contributed by atoms with Crippen molar-refractivity contribution in [2.24, 2.45) is 0 Å². The Morgan fingerprint density at radius 1 is 1.30 bits per heavy atom. The van der Waals surface area contributed by atoms with E-state index in [2.05, 4.69) is 15.3 Å². The summed E-state index contributed by atoms with van der Waals surface area (Å²) in [5.74, 6) is -0.300. The van der Waals surface area contributed by atoms with Gasteiger partial charge in [0.05, 0.1) is 18.4 Å². The molecule has 0 saturated carbocycles. The van der Waals surface area contributed by atoms with E-state index in [1.54, 1.807) is 37.8 Å². The van der Waals surface area contributed by atoms with Gasteiger partial charge in [0.25, 0.3) is 0 Å². The quantitative estimate of drug-likeness (QED) is 0.851. The number of anilines is 1. The Bertz CT molecular complexity index is 533. The average Bonchev–Trinajstić information content (AvgIpc) is 2.81. The van der Waals surface area contributed by atoms with Crippen LogP contribution in [0.2, 0.25) is 0 Å². The second-order valence-corrected chi connectivity index (χ2v) is 6.68. The Balaban J connectivity index is 2.45. The molecule has 0 fully saturated rings. The monoisotopic (exact) mass is 325 g/mol. The molecule has 0 aromatic carbocycles. The number of amides is 2. The molecule has 0 atom stereocenters. The maximum Gasteiger partial charge on any atom is 0.410 e. The Morgan fingerprint density at radius 2 is 1.96 bits per heavy atom. The number of carbonyl (C=O) groups is 2. The van der Waals surface area contributed by atoms with E-state index < -0.39 is 11.7 Å². The third-order valence-electron chi connectivity index (χ3n) is 2.78. The highest BCUT2D eigenvalue weighted by atomic mass is 16.6. The van der Waals surface area contributed by atoms with Crippen molar-refractivity contribution in [3.63, 3.8) is 0 Å². The van der Waals surface area contributed by atoms with Crippen LogP contribution in [-0.4, -0.2) is 71.4 Å². The molecule has 0 unspecified atom stereocenters. The van der Waals surface area contributed by atoms with E-state index in [1.807, 2.05) is 14.1 Å². The number of likely N-dealkylation sites (N-methyl/N-ethyl adjacent to an activating group) is 2. The molecule has 0 spiro atoms. The van der Waals surface area contributed by atoms with Crippen molar-refractivity contribution in [3.8, 4) is 0 Å². The number of aromatic nitrogens is 2. The lowest BCUT2D eigenvalue weighted by Crippen LogP contribution is -2.38. The van der Waals surface area contributed by atoms with E-state index >= 15 is 0 Å². The molecule has 0 aliphatic heterocycles. The third-order valence-corrected chi connectivity index (χ3v) is 2.78. The first-order valence-corrected chi connectivity index (χ1v) is 7.48. The number of nitrogens with zero attached hydrogens (tertiary/aromatic N) is 4. The summed E-state index contributed by atoms with van der Waals surface area (Å²) >= 11 is 0. The van der Waals surface area contributed by atoms with Crippen LogP contribution in [0.25, 0.3) is 0 Å². The first-order valence-electron chi connectivity index (χ1n) is 7.48. The number of hydrogen-bond donors (Lipinski definition) is 1. The first kappa shape index (κ1) is 19.0. The predicted octanol–water partition coefficient (Wildman–Crippen LogP) is 1.25. The molecule has 1 heterocycles. The van der Waals surface area contributed by atoms with Crippen molar-refractivity contribution >= 4 is 17.7 Å². The zero-order chi connectivity index (χ0) is 17.6. The number of hydrogen-bond acceptors (Lipinski definition) is 5. The molecule has 8 heteroatoms. The number of rotatable bonds is 6. The summed E-state index contributed by atoms with van der Waals surface area (Å²) in [6.45, 7) is 6.84. The SMILES string of the molecule is CN(C)CCn1cc(NC(=O)CN(C)C(=O)OC(C)(C)C)cn1. The Morgan fingerprint density at radius 3 is 2.52 bits per heavy atom. The molecule has 0 aliphatic rings. The van der Waals surface area contributed by atoms with Crippen LogP contribution < -0.4 is 5.32 Å². The van der Waals surface area contributed by atoms with E-state index in [0.717, 1.165) is 13.1 Å². The van der Waals surface area contributed by atoms with Crippen molar-refractivity contribution in [1.82, 2.24) is 19.6 Å². The van der Waals surface area contributed by atoms with Gasteiger partial charge in [-0.2, -0.15) is 5.10 Å². The molecule has 1 rings (SSSR count). The summed E-state index contributed by atoms with van der Waals surface area (Å²) in [7, 11) is 5.49. The maximum absolute atomic E-state index is 12.0. The van der Waals surface area contributed by atoms with Gasteiger partial charge in [0.15, 0.2) is 0 Å². The second kappa shape index (κ2) is 7.96. The third kappa shape index (κ3) is 7.64. The fourth-order valence-corrected chi connectivity index (χ4v) is 1.67. The van der Waals surface area contributed by atoms with Crippen molar-refractivity contribution in [1.29, 1.82) is 0 Å². The Hall–Kier alpha value is -2.09.